The van der Waals surface area contributed by atoms with E-state index in [1.165, 1.54) is 11.8 Å². The molecule has 4 aromatic carbocycles. The smallest absolute Gasteiger partial charge is 0.272 e. The predicted molar refractivity (Wildman–Crippen MR) is 150 cm³/mol. The SMILES string of the molecule is Cc1cccc(/C=C(\NC(=O)c2ccccc2)C(=O)Nc2cccc(SCC(=O)c3ccccc3)c2)c1. The lowest BCUT2D eigenvalue weighted by Crippen LogP contribution is -2.30. The van der Waals surface area contributed by atoms with Gasteiger partial charge in [-0.25, -0.2) is 0 Å². The first-order valence-corrected chi connectivity index (χ1v) is 12.7. The number of benzene rings is 4. The van der Waals surface area contributed by atoms with Crippen LogP contribution in [0.25, 0.3) is 6.08 Å². The number of Topliss-reactive ketones (excluding diaryl/α,β-unsaturated/α-hetero) is 1. The van der Waals surface area contributed by atoms with Crippen LogP contribution in [0.1, 0.15) is 31.8 Å². The quantitative estimate of drug-likeness (QED) is 0.157. The van der Waals surface area contributed by atoms with Crippen LogP contribution in [0.4, 0.5) is 5.69 Å². The Hall–Kier alpha value is -4.42. The van der Waals surface area contributed by atoms with Gasteiger partial charge in [-0.2, -0.15) is 0 Å². The average molecular weight is 507 g/mol. The van der Waals surface area contributed by atoms with Gasteiger partial charge in [0.1, 0.15) is 5.70 Å². The second-order valence-electron chi connectivity index (χ2n) is 8.35. The van der Waals surface area contributed by atoms with Crippen LogP contribution < -0.4 is 10.6 Å². The molecule has 4 aromatic rings. The van der Waals surface area contributed by atoms with Gasteiger partial charge in [0.25, 0.3) is 11.8 Å². The van der Waals surface area contributed by atoms with Gasteiger partial charge in [-0.1, -0.05) is 84.4 Å². The van der Waals surface area contributed by atoms with Crippen molar-refractivity contribution < 1.29 is 14.4 Å². The number of anilines is 1. The van der Waals surface area contributed by atoms with Crippen LogP contribution in [0.15, 0.2) is 120 Å². The zero-order valence-electron chi connectivity index (χ0n) is 20.3. The van der Waals surface area contributed by atoms with Crippen LogP contribution in [-0.2, 0) is 4.79 Å². The number of carbonyl (C=O) groups is 3. The van der Waals surface area contributed by atoms with Crippen LogP contribution in [0.3, 0.4) is 0 Å². The number of amides is 2. The molecule has 0 radical (unpaired) electrons. The zero-order chi connectivity index (χ0) is 26.0. The maximum Gasteiger partial charge on any atom is 0.272 e. The number of thioether (sulfide) groups is 1. The van der Waals surface area contributed by atoms with E-state index in [-0.39, 0.29) is 23.1 Å². The molecule has 0 unspecified atom stereocenters. The lowest BCUT2D eigenvalue weighted by atomic mass is 10.1. The van der Waals surface area contributed by atoms with Crippen LogP contribution in [-0.4, -0.2) is 23.4 Å². The molecule has 0 spiro atoms. The van der Waals surface area contributed by atoms with Crippen molar-refractivity contribution >= 4 is 41.1 Å². The molecular formula is C31H26N2O3S. The van der Waals surface area contributed by atoms with Crippen LogP contribution in [0.5, 0.6) is 0 Å². The Labute approximate surface area is 220 Å². The maximum absolute atomic E-state index is 13.3. The summed E-state index contributed by atoms with van der Waals surface area (Å²) in [6, 6.07) is 32.8. The highest BCUT2D eigenvalue weighted by molar-refractivity contribution is 8.00. The fourth-order valence-corrected chi connectivity index (χ4v) is 4.44. The van der Waals surface area contributed by atoms with Gasteiger partial charge < -0.3 is 10.6 Å². The van der Waals surface area contributed by atoms with Crippen molar-refractivity contribution in [2.45, 2.75) is 11.8 Å². The Morgan fingerprint density at radius 2 is 1.43 bits per heavy atom. The summed E-state index contributed by atoms with van der Waals surface area (Å²) in [6.07, 6.45) is 1.65. The molecule has 2 N–H and O–H groups in total. The molecule has 0 fully saturated rings. The van der Waals surface area contributed by atoms with E-state index in [1.54, 1.807) is 48.5 Å². The van der Waals surface area contributed by atoms with E-state index in [9.17, 15) is 14.4 Å². The molecule has 184 valence electrons. The van der Waals surface area contributed by atoms with Crippen molar-refractivity contribution in [3.05, 3.63) is 137 Å². The van der Waals surface area contributed by atoms with Gasteiger partial charge in [-0.15, -0.1) is 11.8 Å². The Morgan fingerprint density at radius 1 is 0.757 bits per heavy atom. The average Bonchev–Trinajstić information content (AvgIpc) is 2.92. The van der Waals surface area contributed by atoms with Crippen LogP contribution >= 0.6 is 11.8 Å². The Bertz CT molecular complexity index is 1430. The second-order valence-corrected chi connectivity index (χ2v) is 9.40. The number of ketones is 1. The molecule has 0 aliphatic carbocycles. The summed E-state index contributed by atoms with van der Waals surface area (Å²) in [6.45, 7) is 1.96. The van der Waals surface area contributed by atoms with Crippen molar-refractivity contribution in [1.82, 2.24) is 5.32 Å². The van der Waals surface area contributed by atoms with Gasteiger partial charge in [0.2, 0.25) is 0 Å². The summed E-state index contributed by atoms with van der Waals surface area (Å²) in [4.78, 5) is 39.4. The van der Waals surface area contributed by atoms with Crippen molar-refractivity contribution in [3.8, 4) is 0 Å². The summed E-state index contributed by atoms with van der Waals surface area (Å²) >= 11 is 1.40. The van der Waals surface area contributed by atoms with E-state index in [4.69, 9.17) is 0 Å². The molecule has 0 saturated heterocycles. The maximum atomic E-state index is 13.3. The molecule has 4 rings (SSSR count). The Morgan fingerprint density at radius 3 is 2.14 bits per heavy atom. The molecule has 0 aliphatic rings. The molecule has 2 amide bonds. The third kappa shape index (κ3) is 7.53. The largest absolute Gasteiger partial charge is 0.321 e. The van der Waals surface area contributed by atoms with Gasteiger partial charge in [-0.05, 0) is 48.9 Å². The number of hydrogen-bond donors (Lipinski definition) is 2. The van der Waals surface area contributed by atoms with Gasteiger partial charge in [0, 0.05) is 21.7 Å². The summed E-state index contributed by atoms with van der Waals surface area (Å²) in [5.74, 6) is -0.508. The molecule has 0 atom stereocenters. The molecule has 0 aromatic heterocycles. The minimum Gasteiger partial charge on any atom is -0.321 e. The monoisotopic (exact) mass is 506 g/mol. The zero-order valence-corrected chi connectivity index (χ0v) is 21.1. The number of aryl methyl sites for hydroxylation is 1. The van der Waals surface area contributed by atoms with E-state index in [2.05, 4.69) is 10.6 Å². The van der Waals surface area contributed by atoms with E-state index in [0.29, 0.717) is 16.8 Å². The molecule has 0 aliphatic heterocycles. The normalized spacial score (nSPS) is 11.0. The van der Waals surface area contributed by atoms with Crippen LogP contribution in [0.2, 0.25) is 0 Å². The first kappa shape index (κ1) is 25.7. The van der Waals surface area contributed by atoms with Crippen molar-refractivity contribution in [2.24, 2.45) is 0 Å². The van der Waals surface area contributed by atoms with Gasteiger partial charge in [0.05, 0.1) is 5.75 Å². The van der Waals surface area contributed by atoms with Gasteiger partial charge >= 0.3 is 0 Å². The van der Waals surface area contributed by atoms with Crippen LogP contribution in [0, 0.1) is 6.92 Å². The van der Waals surface area contributed by atoms with E-state index < -0.39 is 5.91 Å². The molecule has 6 heteroatoms. The molecule has 37 heavy (non-hydrogen) atoms. The minimum absolute atomic E-state index is 0.0343. The van der Waals surface area contributed by atoms with Crippen molar-refractivity contribution in [3.63, 3.8) is 0 Å². The molecule has 0 saturated carbocycles. The molecule has 0 bridgehead atoms. The fraction of sp³-hybridized carbons (Fsp3) is 0.0645. The van der Waals surface area contributed by atoms with Gasteiger partial charge in [-0.3, -0.25) is 14.4 Å². The lowest BCUT2D eigenvalue weighted by molar-refractivity contribution is -0.113. The predicted octanol–water partition coefficient (Wildman–Crippen LogP) is 6.38. The minimum atomic E-state index is -0.451. The van der Waals surface area contributed by atoms with Crippen molar-refractivity contribution in [1.29, 1.82) is 0 Å². The van der Waals surface area contributed by atoms with E-state index >= 15 is 0 Å². The van der Waals surface area contributed by atoms with Crippen molar-refractivity contribution in [2.75, 3.05) is 11.1 Å². The molecule has 0 heterocycles. The molecule has 5 nitrogen and oxygen atoms in total. The topological polar surface area (TPSA) is 75.3 Å². The fourth-order valence-electron chi connectivity index (χ4n) is 3.59. The third-order valence-corrected chi connectivity index (χ3v) is 6.43. The summed E-state index contributed by atoms with van der Waals surface area (Å²) in [5, 5.41) is 5.63. The summed E-state index contributed by atoms with van der Waals surface area (Å²) < 4.78 is 0. The van der Waals surface area contributed by atoms with E-state index in [1.807, 2.05) is 73.7 Å². The Balaban J connectivity index is 1.49. The van der Waals surface area contributed by atoms with Gasteiger partial charge in [0.15, 0.2) is 5.78 Å². The second kappa shape index (κ2) is 12.5. The van der Waals surface area contributed by atoms with E-state index in [0.717, 1.165) is 16.0 Å². The summed E-state index contributed by atoms with van der Waals surface area (Å²) in [5.41, 5.74) is 3.63. The highest BCUT2D eigenvalue weighted by Crippen LogP contribution is 2.23. The number of carbonyl (C=O) groups excluding carboxylic acids is 3. The lowest BCUT2D eigenvalue weighted by Gasteiger charge is -2.12. The Kier molecular flexibility index (Phi) is 8.68. The highest BCUT2D eigenvalue weighted by Gasteiger charge is 2.15. The highest BCUT2D eigenvalue weighted by atomic mass is 32.2. The number of rotatable bonds is 9. The summed E-state index contributed by atoms with van der Waals surface area (Å²) in [7, 11) is 0. The first-order valence-electron chi connectivity index (χ1n) is 11.8. The first-order chi connectivity index (χ1) is 18.0. The standard InChI is InChI=1S/C31H26N2O3S/c1-22-10-8-11-23(18-22)19-28(33-30(35)25-14-6-3-7-15-25)31(36)32-26-16-9-17-27(20-26)37-21-29(34)24-12-4-2-5-13-24/h2-20H,21H2,1H3,(H,32,36)(H,33,35)/b28-19-. The third-order valence-electron chi connectivity index (χ3n) is 5.44. The molecular weight excluding hydrogens is 480 g/mol. The number of nitrogens with one attached hydrogen (secondary N) is 2. The number of hydrogen-bond acceptors (Lipinski definition) is 4.